The number of amides is 2. The standard InChI is InChI=1S/C17H20N4O4S/c1-20(2)26(24,25)21(13-8-4-3-5-9-13)12-16(22)19-15-11-7-6-10-14(15)17(18)23/h3-11H,12H2,1-2H3,(H2,18,23)(H,19,22). The first-order valence-electron chi connectivity index (χ1n) is 7.67. The van der Waals surface area contributed by atoms with E-state index in [1.165, 1.54) is 26.2 Å². The van der Waals surface area contributed by atoms with Crippen molar-refractivity contribution in [2.75, 3.05) is 30.3 Å². The van der Waals surface area contributed by atoms with Crippen LogP contribution in [0.5, 0.6) is 0 Å². The van der Waals surface area contributed by atoms with E-state index in [0.29, 0.717) is 5.69 Å². The van der Waals surface area contributed by atoms with Crippen LogP contribution in [0.1, 0.15) is 10.4 Å². The highest BCUT2D eigenvalue weighted by molar-refractivity contribution is 7.90. The zero-order valence-electron chi connectivity index (χ0n) is 14.4. The van der Waals surface area contributed by atoms with Crippen LogP contribution in [0, 0.1) is 0 Å². The maximum atomic E-state index is 12.6. The van der Waals surface area contributed by atoms with E-state index in [0.717, 1.165) is 8.61 Å². The Hall–Kier alpha value is -2.91. The molecule has 0 unspecified atom stereocenters. The first-order chi connectivity index (χ1) is 12.2. The number of para-hydroxylation sites is 2. The Morgan fingerprint density at radius 1 is 1.00 bits per heavy atom. The zero-order valence-corrected chi connectivity index (χ0v) is 15.2. The normalized spacial score (nSPS) is 11.2. The fraction of sp³-hybridized carbons (Fsp3) is 0.176. The number of carbonyl (C=O) groups excluding carboxylic acids is 2. The van der Waals surface area contributed by atoms with Gasteiger partial charge in [-0.15, -0.1) is 0 Å². The average Bonchev–Trinajstić information content (AvgIpc) is 2.60. The van der Waals surface area contributed by atoms with Crippen molar-refractivity contribution in [3.8, 4) is 0 Å². The number of hydrogen-bond donors (Lipinski definition) is 2. The number of hydrogen-bond acceptors (Lipinski definition) is 4. The van der Waals surface area contributed by atoms with Crippen LogP contribution in [0.15, 0.2) is 54.6 Å². The Kier molecular flexibility index (Phi) is 5.96. The molecule has 2 rings (SSSR count). The van der Waals surface area contributed by atoms with E-state index in [9.17, 15) is 18.0 Å². The minimum atomic E-state index is -3.89. The molecule has 2 aromatic rings. The number of nitrogens with two attached hydrogens (primary N) is 1. The number of primary amides is 1. The number of nitrogens with zero attached hydrogens (tertiary/aromatic N) is 2. The summed E-state index contributed by atoms with van der Waals surface area (Å²) < 4.78 is 27.2. The van der Waals surface area contributed by atoms with Crippen molar-refractivity contribution in [3.05, 3.63) is 60.2 Å². The summed E-state index contributed by atoms with van der Waals surface area (Å²) in [5.74, 6) is -1.30. The van der Waals surface area contributed by atoms with Gasteiger partial charge < -0.3 is 11.1 Å². The highest BCUT2D eigenvalue weighted by atomic mass is 32.2. The summed E-state index contributed by atoms with van der Waals surface area (Å²) in [6.45, 7) is -0.461. The van der Waals surface area contributed by atoms with Crippen molar-refractivity contribution in [2.45, 2.75) is 0 Å². The molecule has 0 fully saturated rings. The molecule has 3 N–H and O–H groups in total. The lowest BCUT2D eigenvalue weighted by Crippen LogP contribution is -2.44. The molecule has 0 spiro atoms. The van der Waals surface area contributed by atoms with Gasteiger partial charge in [-0.2, -0.15) is 12.7 Å². The molecule has 0 aromatic heterocycles. The fourth-order valence-corrected chi connectivity index (χ4v) is 3.29. The van der Waals surface area contributed by atoms with E-state index in [4.69, 9.17) is 5.73 Å². The van der Waals surface area contributed by atoms with Gasteiger partial charge in [0.25, 0.3) is 5.91 Å². The first kappa shape index (κ1) is 19.4. The molecule has 0 heterocycles. The summed E-state index contributed by atoms with van der Waals surface area (Å²) in [6, 6.07) is 14.5. The highest BCUT2D eigenvalue weighted by Crippen LogP contribution is 2.20. The topological polar surface area (TPSA) is 113 Å². The predicted molar refractivity (Wildman–Crippen MR) is 100.0 cm³/mol. The fourth-order valence-electron chi connectivity index (χ4n) is 2.22. The van der Waals surface area contributed by atoms with E-state index >= 15 is 0 Å². The molecule has 138 valence electrons. The third-order valence-electron chi connectivity index (χ3n) is 3.54. The molecule has 8 nitrogen and oxygen atoms in total. The molecule has 9 heteroatoms. The van der Waals surface area contributed by atoms with Crippen LogP contribution >= 0.6 is 0 Å². The highest BCUT2D eigenvalue weighted by Gasteiger charge is 2.27. The van der Waals surface area contributed by atoms with Gasteiger partial charge in [0.2, 0.25) is 5.91 Å². The molecule has 0 radical (unpaired) electrons. The van der Waals surface area contributed by atoms with Crippen molar-refractivity contribution in [2.24, 2.45) is 5.73 Å². The third-order valence-corrected chi connectivity index (χ3v) is 5.36. The summed E-state index contributed by atoms with van der Waals surface area (Å²) in [7, 11) is -1.13. The van der Waals surface area contributed by atoms with E-state index in [-0.39, 0.29) is 11.3 Å². The quantitative estimate of drug-likeness (QED) is 0.751. The second-order valence-corrected chi connectivity index (χ2v) is 7.66. The predicted octanol–water partition coefficient (Wildman–Crippen LogP) is 1.04. The zero-order chi connectivity index (χ0) is 19.3. The number of rotatable bonds is 7. The summed E-state index contributed by atoms with van der Waals surface area (Å²) in [5, 5.41) is 2.54. The van der Waals surface area contributed by atoms with Crippen LogP contribution in [0.3, 0.4) is 0 Å². The van der Waals surface area contributed by atoms with Crippen molar-refractivity contribution in [3.63, 3.8) is 0 Å². The van der Waals surface area contributed by atoms with Gasteiger partial charge in [-0.05, 0) is 24.3 Å². The second kappa shape index (κ2) is 7.98. The maximum Gasteiger partial charge on any atom is 0.304 e. The molecular weight excluding hydrogens is 356 g/mol. The van der Waals surface area contributed by atoms with Gasteiger partial charge in [0.15, 0.2) is 0 Å². The number of carbonyl (C=O) groups is 2. The monoisotopic (exact) mass is 376 g/mol. The third kappa shape index (κ3) is 4.38. The molecule has 0 bridgehead atoms. The Bertz CT molecular complexity index is 898. The van der Waals surface area contributed by atoms with E-state index < -0.39 is 28.6 Å². The number of benzene rings is 2. The van der Waals surface area contributed by atoms with Gasteiger partial charge in [0.05, 0.1) is 16.9 Å². The Morgan fingerprint density at radius 3 is 2.15 bits per heavy atom. The largest absolute Gasteiger partial charge is 0.366 e. The average molecular weight is 376 g/mol. The van der Waals surface area contributed by atoms with Crippen LogP contribution in [0.25, 0.3) is 0 Å². The van der Waals surface area contributed by atoms with Crippen LogP contribution in [0.2, 0.25) is 0 Å². The minimum absolute atomic E-state index is 0.141. The molecular formula is C17H20N4O4S. The van der Waals surface area contributed by atoms with Gasteiger partial charge in [-0.25, -0.2) is 4.31 Å². The molecule has 2 aromatic carbocycles. The lowest BCUT2D eigenvalue weighted by atomic mass is 10.1. The Labute approximate surface area is 152 Å². The van der Waals surface area contributed by atoms with Crippen LogP contribution in [-0.4, -0.2) is 45.2 Å². The Morgan fingerprint density at radius 2 is 1.58 bits per heavy atom. The Balaban J connectivity index is 2.30. The molecule has 0 aliphatic carbocycles. The smallest absolute Gasteiger partial charge is 0.304 e. The van der Waals surface area contributed by atoms with Crippen molar-refractivity contribution >= 4 is 33.4 Å². The molecule has 26 heavy (non-hydrogen) atoms. The number of nitrogens with one attached hydrogen (secondary N) is 1. The van der Waals surface area contributed by atoms with Gasteiger partial charge in [0, 0.05) is 14.1 Å². The minimum Gasteiger partial charge on any atom is -0.366 e. The molecule has 0 atom stereocenters. The lowest BCUT2D eigenvalue weighted by molar-refractivity contribution is -0.114. The van der Waals surface area contributed by atoms with Gasteiger partial charge in [-0.3, -0.25) is 9.59 Å². The lowest BCUT2D eigenvalue weighted by Gasteiger charge is -2.27. The van der Waals surface area contributed by atoms with Crippen molar-refractivity contribution in [1.82, 2.24) is 4.31 Å². The summed E-state index contributed by atoms with van der Waals surface area (Å²) in [4.78, 5) is 23.9. The van der Waals surface area contributed by atoms with Gasteiger partial charge >= 0.3 is 10.2 Å². The van der Waals surface area contributed by atoms with E-state index in [1.54, 1.807) is 42.5 Å². The van der Waals surface area contributed by atoms with E-state index in [2.05, 4.69) is 5.32 Å². The van der Waals surface area contributed by atoms with Gasteiger partial charge in [-0.1, -0.05) is 30.3 Å². The van der Waals surface area contributed by atoms with Gasteiger partial charge in [0.1, 0.15) is 6.54 Å². The van der Waals surface area contributed by atoms with Crippen molar-refractivity contribution in [1.29, 1.82) is 0 Å². The molecule has 0 saturated heterocycles. The van der Waals surface area contributed by atoms with Crippen LogP contribution in [-0.2, 0) is 15.0 Å². The van der Waals surface area contributed by atoms with Crippen LogP contribution in [0.4, 0.5) is 11.4 Å². The second-order valence-electron chi connectivity index (χ2n) is 5.59. The van der Waals surface area contributed by atoms with E-state index in [1.807, 2.05) is 0 Å². The summed E-state index contributed by atoms with van der Waals surface area (Å²) in [5.41, 5.74) is 6.00. The molecule has 0 aliphatic heterocycles. The van der Waals surface area contributed by atoms with Crippen molar-refractivity contribution < 1.29 is 18.0 Å². The maximum absolute atomic E-state index is 12.6. The molecule has 0 saturated carbocycles. The van der Waals surface area contributed by atoms with Crippen LogP contribution < -0.4 is 15.4 Å². The SMILES string of the molecule is CN(C)S(=O)(=O)N(CC(=O)Nc1ccccc1C(N)=O)c1ccccc1. The summed E-state index contributed by atoms with van der Waals surface area (Å²) >= 11 is 0. The first-order valence-corrected chi connectivity index (χ1v) is 9.07. The molecule has 2 amide bonds. The number of anilines is 2. The molecule has 0 aliphatic rings. The summed E-state index contributed by atoms with van der Waals surface area (Å²) in [6.07, 6.45) is 0.